The molecule has 2 nitrogen and oxygen atoms in total. The van der Waals surface area contributed by atoms with Crippen LogP contribution in [0.15, 0.2) is 0 Å². The minimum absolute atomic E-state index is 0.166. The minimum Gasteiger partial charge on any atom is -0.376 e. The van der Waals surface area contributed by atoms with Crippen LogP contribution in [0.2, 0.25) is 0 Å². The van der Waals surface area contributed by atoms with Crippen molar-refractivity contribution in [3.05, 3.63) is 6.42 Å². The maximum absolute atomic E-state index is 6.86. The average Bonchev–Trinajstić information content (AvgIpc) is 2.04. The van der Waals surface area contributed by atoms with Gasteiger partial charge in [-0.25, -0.2) is 0 Å². The van der Waals surface area contributed by atoms with Gasteiger partial charge in [0.1, 0.15) is 6.10 Å². The van der Waals surface area contributed by atoms with Crippen molar-refractivity contribution in [1.29, 1.82) is 0 Å². The van der Waals surface area contributed by atoms with E-state index in [1.54, 1.807) is 0 Å². The molecule has 1 unspecified atom stereocenters. The summed E-state index contributed by atoms with van der Waals surface area (Å²) in [7, 11) is 0. The van der Waals surface area contributed by atoms with E-state index in [1.807, 2.05) is 20.8 Å². The van der Waals surface area contributed by atoms with Gasteiger partial charge in [-0.05, 0) is 26.7 Å². The molecule has 0 saturated heterocycles. The van der Waals surface area contributed by atoms with Crippen LogP contribution in [-0.2, 0) is 9.47 Å². The van der Waals surface area contributed by atoms with Gasteiger partial charge >= 0.3 is 0 Å². The first-order valence-electron chi connectivity index (χ1n) is 4.36. The third kappa shape index (κ3) is 6.21. The molecule has 2 heteroatoms. The summed E-state index contributed by atoms with van der Waals surface area (Å²) in [6, 6.07) is 0. The van der Waals surface area contributed by atoms with Crippen LogP contribution in [0.4, 0.5) is 0 Å². The first-order chi connectivity index (χ1) is 5.70. The summed E-state index contributed by atoms with van der Waals surface area (Å²) in [4.78, 5) is 0. The van der Waals surface area contributed by atoms with E-state index in [4.69, 9.17) is 15.9 Å². The lowest BCUT2D eigenvalue weighted by molar-refractivity contribution is 0.00343. The van der Waals surface area contributed by atoms with Gasteiger partial charge in [-0.2, -0.15) is 0 Å². The molecule has 0 aromatic rings. The normalized spacial score (nSPS) is 12.9. The summed E-state index contributed by atoms with van der Waals surface area (Å²) in [6.07, 6.45) is 7.74. The van der Waals surface area contributed by atoms with Crippen molar-refractivity contribution in [2.75, 3.05) is 13.2 Å². The highest BCUT2D eigenvalue weighted by Gasteiger charge is 2.00. The van der Waals surface area contributed by atoms with E-state index >= 15 is 0 Å². The molecule has 0 spiro atoms. The second-order valence-electron chi connectivity index (χ2n) is 2.83. The van der Waals surface area contributed by atoms with Crippen molar-refractivity contribution in [2.24, 2.45) is 0 Å². The Hall–Kier alpha value is -0.520. The number of hydrogen-bond donors (Lipinski definition) is 0. The molecule has 0 amide bonds. The Labute approximate surface area is 75.3 Å². The minimum atomic E-state index is -0.166. The fourth-order valence-corrected chi connectivity index (χ4v) is 0.736. The quantitative estimate of drug-likeness (QED) is 0.446. The van der Waals surface area contributed by atoms with Crippen molar-refractivity contribution in [2.45, 2.75) is 39.4 Å². The van der Waals surface area contributed by atoms with Crippen LogP contribution < -0.4 is 0 Å². The van der Waals surface area contributed by atoms with Crippen LogP contribution in [0.5, 0.6) is 0 Å². The Balaban J connectivity index is 3.25. The van der Waals surface area contributed by atoms with E-state index in [1.165, 1.54) is 0 Å². The lowest BCUT2D eigenvalue weighted by Gasteiger charge is -2.11. The molecule has 1 atom stereocenters. The van der Waals surface area contributed by atoms with Crippen molar-refractivity contribution >= 4 is 0 Å². The van der Waals surface area contributed by atoms with Gasteiger partial charge in [0.15, 0.2) is 0 Å². The number of ether oxygens (including phenoxy) is 2. The van der Waals surface area contributed by atoms with Gasteiger partial charge in [0.05, 0.1) is 19.3 Å². The standard InChI is InChI=1S/C10H17O2/c1-5-10(6-2)12-8-7-11-9(3)4/h9-10H,5,7-8H2,1,3-4H3. The van der Waals surface area contributed by atoms with E-state index in [0.717, 1.165) is 6.42 Å². The second-order valence-corrected chi connectivity index (χ2v) is 2.83. The molecule has 0 aliphatic heterocycles. The Bertz CT molecular complexity index is 135. The average molecular weight is 169 g/mol. The molecule has 0 heterocycles. The zero-order chi connectivity index (χ0) is 9.40. The van der Waals surface area contributed by atoms with Crippen LogP contribution in [0.3, 0.4) is 0 Å². The Morgan fingerprint density at radius 1 is 1.25 bits per heavy atom. The molecule has 0 bridgehead atoms. The molecule has 0 saturated carbocycles. The third-order valence-corrected chi connectivity index (χ3v) is 1.39. The van der Waals surface area contributed by atoms with E-state index in [2.05, 4.69) is 5.92 Å². The molecule has 0 N–H and O–H groups in total. The highest BCUT2D eigenvalue weighted by molar-refractivity contribution is 4.87. The lowest BCUT2D eigenvalue weighted by atomic mass is 10.3. The van der Waals surface area contributed by atoms with Gasteiger partial charge in [0.2, 0.25) is 0 Å². The van der Waals surface area contributed by atoms with E-state index in [0.29, 0.717) is 13.2 Å². The maximum Gasteiger partial charge on any atom is 0.119 e. The predicted octanol–water partition coefficient (Wildman–Crippen LogP) is 1.80. The van der Waals surface area contributed by atoms with Crippen molar-refractivity contribution in [1.82, 2.24) is 0 Å². The summed E-state index contributed by atoms with van der Waals surface area (Å²) in [5, 5.41) is 0. The van der Waals surface area contributed by atoms with Crippen LogP contribution in [-0.4, -0.2) is 25.4 Å². The monoisotopic (exact) mass is 169 g/mol. The third-order valence-electron chi connectivity index (χ3n) is 1.39. The smallest absolute Gasteiger partial charge is 0.119 e. The molecule has 69 valence electrons. The van der Waals surface area contributed by atoms with Crippen molar-refractivity contribution < 1.29 is 9.47 Å². The molecule has 1 radical (unpaired) electrons. The van der Waals surface area contributed by atoms with Crippen molar-refractivity contribution in [3.8, 4) is 5.92 Å². The Kier molecular flexibility index (Phi) is 6.84. The SMILES string of the molecule is [C]#CC(CC)OCCOC(C)C. The van der Waals surface area contributed by atoms with Gasteiger partial charge in [0, 0.05) is 0 Å². The highest BCUT2D eigenvalue weighted by atomic mass is 16.5. The Morgan fingerprint density at radius 2 is 1.83 bits per heavy atom. The summed E-state index contributed by atoms with van der Waals surface area (Å²) < 4.78 is 10.5. The first-order valence-corrected chi connectivity index (χ1v) is 4.36. The molecular formula is C10H17O2. The van der Waals surface area contributed by atoms with Crippen LogP contribution in [0.25, 0.3) is 0 Å². The van der Waals surface area contributed by atoms with Crippen LogP contribution >= 0.6 is 0 Å². The maximum atomic E-state index is 6.86. The number of hydrogen-bond acceptors (Lipinski definition) is 2. The molecule has 0 aliphatic rings. The van der Waals surface area contributed by atoms with E-state index in [-0.39, 0.29) is 12.2 Å². The summed E-state index contributed by atoms with van der Waals surface area (Å²) in [6.45, 7) is 7.08. The molecule has 0 aromatic heterocycles. The summed E-state index contributed by atoms with van der Waals surface area (Å²) >= 11 is 0. The van der Waals surface area contributed by atoms with Crippen LogP contribution in [0, 0.1) is 12.3 Å². The molecule has 12 heavy (non-hydrogen) atoms. The molecule has 0 fully saturated rings. The molecule has 0 aliphatic carbocycles. The molecule has 0 aromatic carbocycles. The first kappa shape index (κ1) is 11.5. The molecule has 0 rings (SSSR count). The van der Waals surface area contributed by atoms with Gasteiger partial charge in [-0.3, -0.25) is 0 Å². The molecular weight excluding hydrogens is 152 g/mol. The summed E-state index contributed by atoms with van der Waals surface area (Å²) in [5.41, 5.74) is 0. The zero-order valence-corrected chi connectivity index (χ0v) is 8.09. The predicted molar refractivity (Wildman–Crippen MR) is 48.3 cm³/mol. The highest BCUT2D eigenvalue weighted by Crippen LogP contribution is 1.96. The topological polar surface area (TPSA) is 18.5 Å². The van der Waals surface area contributed by atoms with Crippen molar-refractivity contribution in [3.63, 3.8) is 0 Å². The van der Waals surface area contributed by atoms with Gasteiger partial charge in [-0.1, -0.05) is 12.8 Å². The van der Waals surface area contributed by atoms with E-state index in [9.17, 15) is 0 Å². The van der Waals surface area contributed by atoms with E-state index < -0.39 is 0 Å². The second kappa shape index (κ2) is 7.15. The van der Waals surface area contributed by atoms with Gasteiger partial charge in [0.25, 0.3) is 0 Å². The van der Waals surface area contributed by atoms with Gasteiger partial charge < -0.3 is 9.47 Å². The van der Waals surface area contributed by atoms with Crippen LogP contribution in [0.1, 0.15) is 27.2 Å². The summed E-state index contributed by atoms with van der Waals surface area (Å²) in [5.74, 6) is 2.31. The largest absolute Gasteiger partial charge is 0.376 e. The fourth-order valence-electron chi connectivity index (χ4n) is 0.736. The zero-order valence-electron chi connectivity index (χ0n) is 8.09. The Morgan fingerprint density at radius 3 is 2.25 bits per heavy atom. The lowest BCUT2D eigenvalue weighted by Crippen LogP contribution is -2.15. The van der Waals surface area contributed by atoms with Gasteiger partial charge in [-0.15, -0.1) is 0 Å². The fraction of sp³-hybridized carbons (Fsp3) is 0.800. The number of rotatable bonds is 6.